The van der Waals surface area contributed by atoms with Crippen molar-refractivity contribution in [3.05, 3.63) is 41.7 Å². The zero-order chi connectivity index (χ0) is 19.7. The molecule has 1 aromatic heterocycles. The van der Waals surface area contributed by atoms with Gasteiger partial charge in [-0.05, 0) is 31.9 Å². The third kappa shape index (κ3) is 3.43. The Bertz CT molecular complexity index is 819. The monoisotopic (exact) mass is 385 g/mol. The second kappa shape index (κ2) is 7.98. The lowest BCUT2D eigenvalue weighted by Gasteiger charge is -2.36. The fourth-order valence-electron chi connectivity index (χ4n) is 4.33. The lowest BCUT2D eigenvalue weighted by Crippen LogP contribution is -2.51. The lowest BCUT2D eigenvalue weighted by molar-refractivity contribution is -0.0232. The van der Waals surface area contributed by atoms with Crippen LogP contribution in [-0.2, 0) is 4.74 Å². The van der Waals surface area contributed by atoms with Crippen LogP contribution in [0.2, 0.25) is 0 Å². The van der Waals surface area contributed by atoms with E-state index in [4.69, 9.17) is 4.74 Å². The number of carbonyl (C=O) groups excluding carboxylic acids is 1. The second-order valence-corrected chi connectivity index (χ2v) is 7.54. The van der Waals surface area contributed by atoms with Gasteiger partial charge < -0.3 is 14.7 Å². The van der Waals surface area contributed by atoms with Gasteiger partial charge in [0.25, 0.3) is 5.91 Å². The van der Waals surface area contributed by atoms with Gasteiger partial charge in [-0.3, -0.25) is 9.69 Å². The number of nitrogens with zero attached hydrogens (tertiary/aromatic N) is 5. The summed E-state index contributed by atoms with van der Waals surface area (Å²) in [6.45, 7) is 4.90. The number of likely N-dealkylation sites (N-methyl/N-ethyl adjacent to an activating group) is 1. The number of rotatable bonds is 4. The van der Waals surface area contributed by atoms with Crippen molar-refractivity contribution in [2.45, 2.75) is 38.0 Å². The van der Waals surface area contributed by atoms with E-state index in [-0.39, 0.29) is 18.0 Å². The summed E-state index contributed by atoms with van der Waals surface area (Å²) in [5, 5.41) is 19.2. The highest BCUT2D eigenvalue weighted by atomic mass is 16.5. The topological polar surface area (TPSA) is 83.7 Å². The first kappa shape index (κ1) is 19.0. The first-order valence-electron chi connectivity index (χ1n) is 9.82. The molecule has 0 spiro atoms. The number of carbonyl (C=O) groups is 1. The van der Waals surface area contributed by atoms with E-state index in [9.17, 15) is 9.90 Å². The number of aliphatic hydroxyl groups is 1. The summed E-state index contributed by atoms with van der Waals surface area (Å²) in [4.78, 5) is 17.0. The maximum atomic E-state index is 13.1. The molecule has 2 aromatic rings. The summed E-state index contributed by atoms with van der Waals surface area (Å²) in [6, 6.07) is 9.48. The van der Waals surface area contributed by atoms with Crippen molar-refractivity contribution < 1.29 is 14.6 Å². The predicted molar refractivity (Wildman–Crippen MR) is 103 cm³/mol. The maximum absolute atomic E-state index is 13.1. The molecule has 0 unspecified atom stereocenters. The van der Waals surface area contributed by atoms with Crippen molar-refractivity contribution in [1.82, 2.24) is 24.8 Å². The number of amides is 1. The Morgan fingerprint density at radius 1 is 1.21 bits per heavy atom. The van der Waals surface area contributed by atoms with Crippen LogP contribution in [-0.4, -0.2) is 87.3 Å². The molecule has 1 aliphatic carbocycles. The molecule has 28 heavy (non-hydrogen) atoms. The molecule has 1 N–H and O–H groups in total. The van der Waals surface area contributed by atoms with Crippen LogP contribution in [0.5, 0.6) is 0 Å². The minimum Gasteiger partial charge on any atom is -0.389 e. The molecule has 1 saturated heterocycles. The van der Waals surface area contributed by atoms with Crippen molar-refractivity contribution >= 4 is 5.91 Å². The van der Waals surface area contributed by atoms with Crippen LogP contribution in [0.3, 0.4) is 0 Å². The van der Waals surface area contributed by atoms with Crippen molar-refractivity contribution in [3.8, 4) is 5.69 Å². The minimum absolute atomic E-state index is 0.0743. The molecular weight excluding hydrogens is 358 g/mol. The van der Waals surface area contributed by atoms with Crippen LogP contribution >= 0.6 is 0 Å². The highest BCUT2D eigenvalue weighted by molar-refractivity contribution is 5.93. The quantitative estimate of drug-likeness (QED) is 0.841. The zero-order valence-corrected chi connectivity index (χ0v) is 16.4. The first-order valence-corrected chi connectivity index (χ1v) is 9.82. The van der Waals surface area contributed by atoms with Gasteiger partial charge in [-0.25, -0.2) is 4.68 Å². The molecule has 2 heterocycles. The van der Waals surface area contributed by atoms with Gasteiger partial charge in [-0.15, -0.1) is 5.10 Å². The van der Waals surface area contributed by atoms with Crippen LogP contribution in [0.1, 0.15) is 29.0 Å². The summed E-state index contributed by atoms with van der Waals surface area (Å²) in [5.41, 5.74) is 1.89. The molecule has 1 aliphatic heterocycles. The zero-order valence-electron chi connectivity index (χ0n) is 16.4. The highest BCUT2D eigenvalue weighted by Crippen LogP contribution is 2.29. The molecule has 0 radical (unpaired) electrons. The third-order valence-electron chi connectivity index (χ3n) is 5.98. The number of ether oxygens (including phenoxy) is 1. The van der Waals surface area contributed by atoms with Gasteiger partial charge in [0.05, 0.1) is 36.7 Å². The average Bonchev–Trinajstić information content (AvgIpc) is 3.31. The van der Waals surface area contributed by atoms with Crippen molar-refractivity contribution in [3.63, 3.8) is 0 Å². The highest BCUT2D eigenvalue weighted by Gasteiger charge is 2.42. The number of hydrogen-bond donors (Lipinski definition) is 1. The van der Waals surface area contributed by atoms with E-state index in [1.807, 2.05) is 37.3 Å². The van der Waals surface area contributed by atoms with Crippen LogP contribution in [0.15, 0.2) is 30.3 Å². The van der Waals surface area contributed by atoms with Gasteiger partial charge in [0.2, 0.25) is 0 Å². The van der Waals surface area contributed by atoms with E-state index in [0.717, 1.165) is 31.6 Å². The first-order chi connectivity index (χ1) is 13.6. The van der Waals surface area contributed by atoms with Crippen molar-refractivity contribution in [1.29, 1.82) is 0 Å². The van der Waals surface area contributed by atoms with Gasteiger partial charge >= 0.3 is 0 Å². The standard InChI is InChI=1S/C20H27N5O3/c1-14-18(21-22-25(14)15-6-4-3-5-7-15)20(27)23(2)16-8-9-17(19(16)26)24-10-12-28-13-11-24/h3-7,16-17,19,26H,8-13H2,1-2H3/t16-,17-,19-/m1/s1. The molecule has 3 atom stereocenters. The molecule has 4 rings (SSSR count). The van der Waals surface area contributed by atoms with Gasteiger partial charge in [0.1, 0.15) is 0 Å². The Morgan fingerprint density at radius 2 is 1.93 bits per heavy atom. The van der Waals surface area contributed by atoms with Crippen molar-refractivity contribution in [2.75, 3.05) is 33.4 Å². The molecule has 1 amide bonds. The Balaban J connectivity index is 1.49. The molecule has 1 saturated carbocycles. The molecule has 0 bridgehead atoms. The van der Waals surface area contributed by atoms with Gasteiger partial charge in [0, 0.05) is 26.2 Å². The van der Waals surface area contributed by atoms with E-state index in [2.05, 4.69) is 15.2 Å². The Hall–Kier alpha value is -2.29. The van der Waals surface area contributed by atoms with E-state index in [1.54, 1.807) is 16.6 Å². The smallest absolute Gasteiger partial charge is 0.276 e. The summed E-state index contributed by atoms with van der Waals surface area (Å²) >= 11 is 0. The van der Waals surface area contributed by atoms with Gasteiger partial charge in [0.15, 0.2) is 5.69 Å². The SMILES string of the molecule is Cc1c(C(=O)N(C)[C@@H]2CC[C@@H](N3CCOCC3)[C@@H]2O)nnn1-c1ccccc1. The van der Waals surface area contributed by atoms with Crippen LogP contribution < -0.4 is 0 Å². The number of morpholine rings is 1. The van der Waals surface area contributed by atoms with E-state index < -0.39 is 6.10 Å². The average molecular weight is 385 g/mol. The summed E-state index contributed by atoms with van der Waals surface area (Å²) in [6.07, 6.45) is 1.08. The van der Waals surface area contributed by atoms with Crippen LogP contribution in [0, 0.1) is 6.92 Å². The second-order valence-electron chi connectivity index (χ2n) is 7.54. The Morgan fingerprint density at radius 3 is 2.64 bits per heavy atom. The molecule has 150 valence electrons. The summed E-state index contributed by atoms with van der Waals surface area (Å²) in [5.74, 6) is -0.202. The number of para-hydroxylation sites is 1. The Kier molecular flexibility index (Phi) is 5.43. The normalized spacial score (nSPS) is 25.8. The van der Waals surface area contributed by atoms with E-state index >= 15 is 0 Å². The lowest BCUT2D eigenvalue weighted by atomic mass is 10.1. The number of aliphatic hydroxyl groups excluding tert-OH is 1. The molecule has 1 aromatic carbocycles. The Labute approximate surface area is 164 Å². The molecule has 2 fully saturated rings. The van der Waals surface area contributed by atoms with Gasteiger partial charge in [-0.2, -0.15) is 0 Å². The number of aromatic nitrogens is 3. The van der Waals surface area contributed by atoms with Crippen LogP contribution in [0.4, 0.5) is 0 Å². The summed E-state index contributed by atoms with van der Waals surface area (Å²) in [7, 11) is 1.75. The number of hydrogen-bond acceptors (Lipinski definition) is 6. The largest absolute Gasteiger partial charge is 0.389 e. The number of benzene rings is 1. The van der Waals surface area contributed by atoms with E-state index in [0.29, 0.717) is 24.6 Å². The fraction of sp³-hybridized carbons (Fsp3) is 0.550. The molecule has 8 heteroatoms. The van der Waals surface area contributed by atoms with Crippen LogP contribution in [0.25, 0.3) is 5.69 Å². The molecule has 8 nitrogen and oxygen atoms in total. The molecular formula is C20H27N5O3. The fourth-order valence-corrected chi connectivity index (χ4v) is 4.33. The van der Waals surface area contributed by atoms with Gasteiger partial charge in [-0.1, -0.05) is 23.4 Å². The third-order valence-corrected chi connectivity index (χ3v) is 5.98. The van der Waals surface area contributed by atoms with E-state index in [1.165, 1.54) is 0 Å². The summed E-state index contributed by atoms with van der Waals surface area (Å²) < 4.78 is 7.08. The maximum Gasteiger partial charge on any atom is 0.276 e. The predicted octanol–water partition coefficient (Wildman–Crippen LogP) is 0.872. The molecule has 2 aliphatic rings. The minimum atomic E-state index is -0.573. The van der Waals surface area contributed by atoms with Crippen molar-refractivity contribution in [2.24, 2.45) is 0 Å².